The lowest BCUT2D eigenvalue weighted by Crippen LogP contribution is -2.33. The number of nitrogens with zero attached hydrogens (tertiary/aromatic N) is 1. The molecule has 1 atom stereocenters. The molecule has 4 nitrogen and oxygen atoms in total. The maximum absolute atomic E-state index is 7.72. The zero-order chi connectivity index (χ0) is 13.8. The lowest BCUT2D eigenvalue weighted by Gasteiger charge is -2.28. The molecule has 0 spiro atoms. The van der Waals surface area contributed by atoms with Gasteiger partial charge in [-0.1, -0.05) is 15.9 Å². The van der Waals surface area contributed by atoms with Gasteiger partial charge in [0, 0.05) is 35.4 Å². The van der Waals surface area contributed by atoms with Gasteiger partial charge < -0.3 is 15.4 Å². The summed E-state index contributed by atoms with van der Waals surface area (Å²) in [5.74, 6) is 0.0992. The fourth-order valence-electron chi connectivity index (χ4n) is 2.43. The Kier molecular flexibility index (Phi) is 4.82. The van der Waals surface area contributed by atoms with Crippen LogP contribution in [0.3, 0.4) is 0 Å². The second kappa shape index (κ2) is 6.39. The number of likely N-dealkylation sites (N-methyl/N-ethyl adjacent to an activating group) is 1. The van der Waals surface area contributed by atoms with Crippen molar-refractivity contribution in [1.82, 2.24) is 0 Å². The van der Waals surface area contributed by atoms with Crippen molar-refractivity contribution in [3.05, 3.63) is 28.2 Å². The van der Waals surface area contributed by atoms with E-state index in [-0.39, 0.29) is 5.84 Å². The van der Waals surface area contributed by atoms with Gasteiger partial charge in [0.15, 0.2) is 0 Å². The Balaban J connectivity index is 2.23. The van der Waals surface area contributed by atoms with Crippen molar-refractivity contribution in [3.63, 3.8) is 0 Å². The van der Waals surface area contributed by atoms with E-state index in [4.69, 9.17) is 15.9 Å². The minimum absolute atomic E-state index is 0.0992. The van der Waals surface area contributed by atoms with Crippen LogP contribution in [0.4, 0.5) is 5.69 Å². The van der Waals surface area contributed by atoms with Crippen LogP contribution >= 0.6 is 15.9 Å². The Morgan fingerprint density at radius 2 is 2.37 bits per heavy atom. The summed E-state index contributed by atoms with van der Waals surface area (Å²) in [6, 6.07) is 5.90. The second-order valence-electron chi connectivity index (χ2n) is 4.75. The van der Waals surface area contributed by atoms with Gasteiger partial charge in [0.1, 0.15) is 5.84 Å². The molecule has 1 heterocycles. The smallest absolute Gasteiger partial charge is 0.124 e. The molecule has 1 aliphatic heterocycles. The number of hydrogen-bond donors (Lipinski definition) is 2. The van der Waals surface area contributed by atoms with Gasteiger partial charge in [0.25, 0.3) is 0 Å². The molecule has 0 aromatic heterocycles. The van der Waals surface area contributed by atoms with Gasteiger partial charge in [-0.05, 0) is 38.0 Å². The highest BCUT2D eigenvalue weighted by Crippen LogP contribution is 2.26. The van der Waals surface area contributed by atoms with Gasteiger partial charge in [-0.25, -0.2) is 0 Å². The van der Waals surface area contributed by atoms with Crippen molar-refractivity contribution in [2.75, 3.05) is 24.6 Å². The van der Waals surface area contributed by atoms with E-state index in [1.54, 1.807) is 0 Å². The largest absolute Gasteiger partial charge is 0.384 e. The quantitative estimate of drug-likeness (QED) is 0.646. The van der Waals surface area contributed by atoms with Crippen molar-refractivity contribution in [2.24, 2.45) is 5.73 Å². The number of halogens is 1. The number of nitrogens with two attached hydrogens (primary N) is 1. The first-order valence-electron chi connectivity index (χ1n) is 6.62. The summed E-state index contributed by atoms with van der Waals surface area (Å²) in [5.41, 5.74) is 7.47. The van der Waals surface area contributed by atoms with Crippen LogP contribution in [0.2, 0.25) is 0 Å². The molecule has 5 heteroatoms. The first kappa shape index (κ1) is 14.3. The molecular weight excluding hydrogens is 306 g/mol. The summed E-state index contributed by atoms with van der Waals surface area (Å²) < 4.78 is 6.63. The summed E-state index contributed by atoms with van der Waals surface area (Å²) in [7, 11) is 0. The molecule has 19 heavy (non-hydrogen) atoms. The molecule has 1 unspecified atom stereocenters. The first-order chi connectivity index (χ1) is 9.11. The second-order valence-corrected chi connectivity index (χ2v) is 5.66. The topological polar surface area (TPSA) is 62.3 Å². The van der Waals surface area contributed by atoms with E-state index in [9.17, 15) is 0 Å². The van der Waals surface area contributed by atoms with Gasteiger partial charge in [0.2, 0.25) is 0 Å². The standard InChI is InChI=1S/C14H20BrN3O/c1-2-18(9-11-4-3-7-19-11)13-6-5-10(15)8-12(13)14(16)17/h5-6,8,11H,2-4,7,9H2,1H3,(H3,16,17). The number of rotatable bonds is 5. The number of nitrogens with one attached hydrogen (secondary N) is 1. The molecule has 0 bridgehead atoms. The van der Waals surface area contributed by atoms with Gasteiger partial charge in [-0.2, -0.15) is 0 Å². The van der Waals surface area contributed by atoms with E-state index in [1.165, 1.54) is 0 Å². The maximum atomic E-state index is 7.72. The summed E-state index contributed by atoms with van der Waals surface area (Å²) in [6.07, 6.45) is 2.55. The molecule has 2 rings (SSSR count). The minimum atomic E-state index is 0.0992. The number of amidine groups is 1. The summed E-state index contributed by atoms with van der Waals surface area (Å²) in [4.78, 5) is 2.24. The van der Waals surface area contributed by atoms with Crippen LogP contribution < -0.4 is 10.6 Å². The SMILES string of the molecule is CCN(CC1CCCO1)c1ccc(Br)cc1C(=N)N. The van der Waals surface area contributed by atoms with Crippen molar-refractivity contribution in [2.45, 2.75) is 25.9 Å². The molecule has 1 saturated heterocycles. The lowest BCUT2D eigenvalue weighted by atomic mass is 10.1. The Hall–Kier alpha value is -1.07. The van der Waals surface area contributed by atoms with Crippen LogP contribution in [-0.2, 0) is 4.74 Å². The molecule has 0 aliphatic carbocycles. The molecule has 1 aromatic carbocycles. The molecule has 1 aliphatic rings. The van der Waals surface area contributed by atoms with E-state index in [1.807, 2.05) is 18.2 Å². The highest BCUT2D eigenvalue weighted by atomic mass is 79.9. The monoisotopic (exact) mass is 325 g/mol. The molecule has 3 N–H and O–H groups in total. The molecule has 0 saturated carbocycles. The molecule has 0 amide bonds. The van der Waals surface area contributed by atoms with Crippen molar-refractivity contribution < 1.29 is 4.74 Å². The van der Waals surface area contributed by atoms with Crippen molar-refractivity contribution in [1.29, 1.82) is 5.41 Å². The van der Waals surface area contributed by atoms with Crippen LogP contribution in [0.15, 0.2) is 22.7 Å². The summed E-state index contributed by atoms with van der Waals surface area (Å²) in [5, 5.41) is 7.72. The molecule has 1 aromatic rings. The van der Waals surface area contributed by atoms with E-state index in [0.29, 0.717) is 6.10 Å². The Morgan fingerprint density at radius 1 is 1.58 bits per heavy atom. The highest BCUT2D eigenvalue weighted by Gasteiger charge is 2.20. The van der Waals surface area contributed by atoms with Crippen LogP contribution in [-0.4, -0.2) is 31.6 Å². The Bertz CT molecular complexity index is 458. The van der Waals surface area contributed by atoms with Gasteiger partial charge in [-0.15, -0.1) is 0 Å². The third-order valence-corrected chi connectivity index (χ3v) is 3.91. The van der Waals surface area contributed by atoms with Crippen LogP contribution in [0, 0.1) is 5.41 Å². The Labute approximate surface area is 122 Å². The molecular formula is C14H20BrN3O. The van der Waals surface area contributed by atoms with Gasteiger partial charge >= 0.3 is 0 Å². The van der Waals surface area contributed by atoms with E-state index < -0.39 is 0 Å². The highest BCUT2D eigenvalue weighted by molar-refractivity contribution is 9.10. The van der Waals surface area contributed by atoms with E-state index in [0.717, 1.165) is 48.3 Å². The average molecular weight is 326 g/mol. The fraction of sp³-hybridized carbons (Fsp3) is 0.500. The average Bonchev–Trinajstić information content (AvgIpc) is 2.89. The van der Waals surface area contributed by atoms with Crippen LogP contribution in [0.1, 0.15) is 25.3 Å². The number of hydrogen-bond acceptors (Lipinski definition) is 3. The predicted octanol–water partition coefficient (Wildman–Crippen LogP) is 2.74. The van der Waals surface area contributed by atoms with E-state index in [2.05, 4.69) is 27.8 Å². The first-order valence-corrected chi connectivity index (χ1v) is 7.41. The number of nitrogen functional groups attached to an aromatic ring is 1. The normalized spacial score (nSPS) is 18.5. The van der Waals surface area contributed by atoms with Crippen LogP contribution in [0.25, 0.3) is 0 Å². The summed E-state index contributed by atoms with van der Waals surface area (Å²) in [6.45, 7) is 4.71. The summed E-state index contributed by atoms with van der Waals surface area (Å²) >= 11 is 3.43. The maximum Gasteiger partial charge on any atom is 0.124 e. The molecule has 104 valence electrons. The zero-order valence-corrected chi connectivity index (χ0v) is 12.7. The zero-order valence-electron chi connectivity index (χ0n) is 11.2. The van der Waals surface area contributed by atoms with Crippen molar-refractivity contribution >= 4 is 27.5 Å². The fourth-order valence-corrected chi connectivity index (χ4v) is 2.79. The molecule has 1 fully saturated rings. The third-order valence-electron chi connectivity index (χ3n) is 3.42. The lowest BCUT2D eigenvalue weighted by molar-refractivity contribution is 0.115. The Morgan fingerprint density at radius 3 is 2.95 bits per heavy atom. The van der Waals surface area contributed by atoms with Gasteiger partial charge in [-0.3, -0.25) is 5.41 Å². The van der Waals surface area contributed by atoms with E-state index >= 15 is 0 Å². The number of anilines is 1. The minimum Gasteiger partial charge on any atom is -0.384 e. The van der Waals surface area contributed by atoms with Crippen molar-refractivity contribution in [3.8, 4) is 0 Å². The third kappa shape index (κ3) is 3.48. The van der Waals surface area contributed by atoms with Crippen LogP contribution in [0.5, 0.6) is 0 Å². The number of benzene rings is 1. The number of ether oxygens (including phenoxy) is 1. The predicted molar refractivity (Wildman–Crippen MR) is 82.0 cm³/mol. The van der Waals surface area contributed by atoms with Gasteiger partial charge in [0.05, 0.1) is 6.10 Å². The molecule has 0 radical (unpaired) electrons.